The Balaban J connectivity index is 1.71. The maximum absolute atomic E-state index is 14.4. The fourth-order valence-electron chi connectivity index (χ4n) is 4.52. The maximum atomic E-state index is 14.4. The number of rotatable bonds is 7. The van der Waals surface area contributed by atoms with Crippen molar-refractivity contribution in [3.05, 3.63) is 128 Å². The zero-order chi connectivity index (χ0) is 31.8. The van der Waals surface area contributed by atoms with Crippen LogP contribution in [0.25, 0.3) is 6.08 Å². The number of benzene rings is 3. The van der Waals surface area contributed by atoms with Crippen LogP contribution >= 0.6 is 62.1 Å². The van der Waals surface area contributed by atoms with Crippen molar-refractivity contribution in [2.24, 2.45) is 4.99 Å². The standard InChI is InChI=1S/C30H19BrCl3F3N2O4S/c1-2-42-28(41)23-24(16-5-9-19(32)10-6-16)39-27(40)22(44-29(39)38-26(23)30(35,36)37)12-17-11-20(33)13-21(34)25(17)43-14-15-3-7-18(31)8-4-15/h3-13,24H,2,14H2,1H3/b22-12-/t24-/m0/s1. The molecule has 0 fully saturated rings. The summed E-state index contributed by atoms with van der Waals surface area (Å²) >= 11 is 22.9. The Hall–Kier alpha value is -3.09. The highest BCUT2D eigenvalue weighted by Gasteiger charge is 2.45. The van der Waals surface area contributed by atoms with E-state index in [1.807, 2.05) is 24.3 Å². The average Bonchev–Trinajstić information content (AvgIpc) is 3.27. The van der Waals surface area contributed by atoms with E-state index in [0.29, 0.717) is 21.9 Å². The summed E-state index contributed by atoms with van der Waals surface area (Å²) in [4.78, 5) is 30.4. The number of hydrogen-bond acceptors (Lipinski definition) is 6. The number of aromatic nitrogens is 1. The van der Waals surface area contributed by atoms with Gasteiger partial charge in [0, 0.05) is 20.1 Å². The van der Waals surface area contributed by atoms with Gasteiger partial charge in [0.15, 0.2) is 10.5 Å². The fourth-order valence-corrected chi connectivity index (χ4v) is 6.46. The summed E-state index contributed by atoms with van der Waals surface area (Å²) in [6.07, 6.45) is -3.62. The van der Waals surface area contributed by atoms with Gasteiger partial charge in [-0.3, -0.25) is 9.36 Å². The van der Waals surface area contributed by atoms with Crippen LogP contribution in [-0.4, -0.2) is 23.3 Å². The largest absolute Gasteiger partial charge is 0.487 e. The van der Waals surface area contributed by atoms with E-state index in [1.54, 1.807) is 0 Å². The molecule has 5 rings (SSSR count). The Morgan fingerprint density at radius 2 is 1.75 bits per heavy atom. The molecule has 2 heterocycles. The monoisotopic (exact) mass is 744 g/mol. The first-order valence-corrected chi connectivity index (χ1v) is 15.5. The van der Waals surface area contributed by atoms with E-state index in [1.165, 1.54) is 49.4 Å². The number of alkyl halides is 3. The van der Waals surface area contributed by atoms with Crippen molar-refractivity contribution in [2.45, 2.75) is 25.7 Å². The second-order valence-electron chi connectivity index (χ2n) is 9.34. The molecule has 44 heavy (non-hydrogen) atoms. The Labute approximate surface area is 275 Å². The van der Waals surface area contributed by atoms with Gasteiger partial charge in [-0.1, -0.05) is 86.3 Å². The third-order valence-electron chi connectivity index (χ3n) is 6.40. The number of esters is 1. The highest BCUT2D eigenvalue weighted by atomic mass is 79.9. The van der Waals surface area contributed by atoms with Crippen LogP contribution in [0, 0.1) is 0 Å². The lowest BCUT2D eigenvalue weighted by Crippen LogP contribution is -2.41. The summed E-state index contributed by atoms with van der Waals surface area (Å²) in [5.41, 5.74) is -1.62. The van der Waals surface area contributed by atoms with Crippen molar-refractivity contribution < 1.29 is 27.4 Å². The summed E-state index contributed by atoms with van der Waals surface area (Å²) < 4.78 is 56.0. The van der Waals surface area contributed by atoms with E-state index in [4.69, 9.17) is 44.3 Å². The molecule has 1 aliphatic heterocycles. The first-order chi connectivity index (χ1) is 20.9. The summed E-state index contributed by atoms with van der Waals surface area (Å²) in [5, 5.41) is 0.719. The summed E-state index contributed by atoms with van der Waals surface area (Å²) in [6.45, 7) is 1.40. The molecular weight excluding hydrogens is 728 g/mol. The molecule has 0 radical (unpaired) electrons. The van der Waals surface area contributed by atoms with Gasteiger partial charge in [0.2, 0.25) is 0 Å². The molecule has 6 nitrogen and oxygen atoms in total. The lowest BCUT2D eigenvalue weighted by atomic mass is 9.95. The number of hydrogen-bond donors (Lipinski definition) is 0. The molecule has 0 aliphatic carbocycles. The van der Waals surface area contributed by atoms with Crippen LogP contribution in [0.1, 0.15) is 29.7 Å². The second-order valence-corrected chi connectivity index (χ2v) is 12.5. The van der Waals surface area contributed by atoms with Gasteiger partial charge in [-0.25, -0.2) is 9.79 Å². The third kappa shape index (κ3) is 6.77. The number of allylic oxidation sites excluding steroid dienone is 1. The van der Waals surface area contributed by atoms with Crippen LogP contribution in [0.4, 0.5) is 13.2 Å². The van der Waals surface area contributed by atoms with E-state index in [-0.39, 0.29) is 43.9 Å². The minimum Gasteiger partial charge on any atom is -0.487 e. The lowest BCUT2D eigenvalue weighted by molar-refractivity contribution is -0.140. The Bertz CT molecular complexity index is 1960. The molecule has 14 heteroatoms. The molecular formula is C30H19BrCl3F3N2O4S. The summed E-state index contributed by atoms with van der Waals surface area (Å²) in [5.74, 6) is -1.04. The maximum Gasteiger partial charge on any atom is 0.434 e. The lowest BCUT2D eigenvalue weighted by Gasteiger charge is -2.26. The van der Waals surface area contributed by atoms with Gasteiger partial charge in [-0.15, -0.1) is 0 Å². The number of carbonyl (C=O) groups excluding carboxylic acids is 1. The number of carbonyl (C=O) groups is 1. The van der Waals surface area contributed by atoms with E-state index in [0.717, 1.165) is 14.6 Å². The van der Waals surface area contributed by atoms with Gasteiger partial charge in [-0.2, -0.15) is 13.2 Å². The normalized spacial score (nSPS) is 15.2. The van der Waals surface area contributed by atoms with Crippen LogP contribution in [-0.2, 0) is 16.1 Å². The molecule has 228 valence electrons. The molecule has 1 aliphatic rings. The highest BCUT2D eigenvalue weighted by molar-refractivity contribution is 9.10. The van der Waals surface area contributed by atoms with Crippen LogP contribution in [0.3, 0.4) is 0 Å². The van der Waals surface area contributed by atoms with Gasteiger partial charge < -0.3 is 9.47 Å². The Kier molecular flexibility index (Phi) is 9.62. The molecule has 0 amide bonds. The van der Waals surface area contributed by atoms with Gasteiger partial charge in [0.25, 0.3) is 5.56 Å². The molecule has 1 atom stereocenters. The zero-order valence-corrected chi connectivity index (χ0v) is 27.1. The van der Waals surface area contributed by atoms with Crippen molar-refractivity contribution in [1.29, 1.82) is 0 Å². The van der Waals surface area contributed by atoms with Gasteiger partial charge >= 0.3 is 12.1 Å². The van der Waals surface area contributed by atoms with Crippen molar-refractivity contribution in [3.8, 4) is 5.75 Å². The van der Waals surface area contributed by atoms with Crippen LogP contribution in [0.5, 0.6) is 5.75 Å². The van der Waals surface area contributed by atoms with Crippen LogP contribution < -0.4 is 19.6 Å². The summed E-state index contributed by atoms with van der Waals surface area (Å²) in [6, 6.07) is 14.7. The van der Waals surface area contributed by atoms with Crippen molar-refractivity contribution in [1.82, 2.24) is 4.57 Å². The quantitative estimate of drug-likeness (QED) is 0.183. The minimum atomic E-state index is -5.03. The van der Waals surface area contributed by atoms with Gasteiger partial charge in [0.1, 0.15) is 12.4 Å². The van der Waals surface area contributed by atoms with Crippen molar-refractivity contribution in [2.75, 3.05) is 6.61 Å². The number of halogens is 7. The first-order valence-electron chi connectivity index (χ1n) is 12.8. The highest BCUT2D eigenvalue weighted by Crippen LogP contribution is 2.39. The average molecular weight is 747 g/mol. The topological polar surface area (TPSA) is 69.9 Å². The minimum absolute atomic E-state index is 0.00109. The van der Waals surface area contributed by atoms with E-state index < -0.39 is 35.0 Å². The number of thiazole rings is 1. The predicted molar refractivity (Wildman–Crippen MR) is 167 cm³/mol. The number of ether oxygens (including phenoxy) is 2. The number of nitrogens with zero attached hydrogens (tertiary/aromatic N) is 2. The van der Waals surface area contributed by atoms with Gasteiger partial charge in [0.05, 0.1) is 27.8 Å². The predicted octanol–water partition coefficient (Wildman–Crippen LogP) is 7.64. The molecule has 1 aromatic heterocycles. The molecule has 4 aromatic rings. The molecule has 0 N–H and O–H groups in total. The molecule has 0 saturated heterocycles. The van der Waals surface area contributed by atoms with Crippen LogP contribution in [0.15, 0.2) is 86.2 Å². The molecule has 0 unspecified atom stereocenters. The molecule has 0 saturated carbocycles. The van der Waals surface area contributed by atoms with Crippen molar-refractivity contribution >= 4 is 74.1 Å². The van der Waals surface area contributed by atoms with E-state index in [2.05, 4.69) is 20.9 Å². The third-order valence-corrected chi connectivity index (χ3v) is 8.66. The molecule has 0 spiro atoms. The zero-order valence-electron chi connectivity index (χ0n) is 22.4. The fraction of sp³-hybridized carbons (Fsp3) is 0.167. The molecule has 0 bridgehead atoms. The smallest absolute Gasteiger partial charge is 0.434 e. The Morgan fingerprint density at radius 3 is 2.39 bits per heavy atom. The van der Waals surface area contributed by atoms with Gasteiger partial charge in [-0.05, 0) is 60.5 Å². The second kappa shape index (κ2) is 13.1. The van der Waals surface area contributed by atoms with E-state index in [9.17, 15) is 22.8 Å². The first kappa shape index (κ1) is 32.3. The summed E-state index contributed by atoms with van der Waals surface area (Å²) in [7, 11) is 0. The van der Waals surface area contributed by atoms with Crippen LogP contribution in [0.2, 0.25) is 15.1 Å². The SMILES string of the molecule is CCOC(=O)C1=C(C(F)(F)F)N=c2s/c(=C\c3cc(Cl)cc(Cl)c3OCc3ccc(Br)cc3)c(=O)n2[C@H]1c1ccc(Cl)cc1. The Morgan fingerprint density at radius 1 is 1.07 bits per heavy atom. The molecule has 3 aromatic carbocycles. The number of fused-ring (bicyclic) bond motifs is 1. The van der Waals surface area contributed by atoms with E-state index >= 15 is 0 Å². The van der Waals surface area contributed by atoms with Crippen molar-refractivity contribution in [3.63, 3.8) is 0 Å².